The maximum Gasteiger partial charge on any atom is 0.165 e. The molecule has 2 aromatic rings. The van der Waals surface area contributed by atoms with Gasteiger partial charge in [-0.25, -0.2) is 4.98 Å². The summed E-state index contributed by atoms with van der Waals surface area (Å²) in [4.78, 5) is 28.7. The second-order valence-electron chi connectivity index (χ2n) is 9.10. The second kappa shape index (κ2) is 11.4. The number of allylic oxidation sites excluding steroid dienone is 1. The van der Waals surface area contributed by atoms with Crippen molar-refractivity contribution in [1.29, 1.82) is 5.41 Å². The van der Waals surface area contributed by atoms with Crippen molar-refractivity contribution in [1.82, 2.24) is 9.88 Å². The number of amidine groups is 1. The maximum atomic E-state index is 11.7. The lowest BCUT2D eigenvalue weighted by Gasteiger charge is -2.22. The third-order valence-corrected chi connectivity index (χ3v) is 4.97. The molecule has 0 radical (unpaired) electrons. The molecule has 8 heteroatoms. The first-order valence-electron chi connectivity index (χ1n) is 10.7. The number of nitrogens with one attached hydrogen (secondary N) is 2. The maximum absolute atomic E-state index is 11.7. The summed E-state index contributed by atoms with van der Waals surface area (Å²) in [5.74, 6) is 0.952. The fraction of sp³-hybridized carbons (Fsp3) is 0.360. The Morgan fingerprint density at radius 2 is 1.91 bits per heavy atom. The highest BCUT2D eigenvalue weighted by atomic mass is 16.3. The van der Waals surface area contributed by atoms with Gasteiger partial charge in [0.2, 0.25) is 0 Å². The van der Waals surface area contributed by atoms with Crippen LogP contribution in [0.1, 0.15) is 31.9 Å². The molecule has 5 N–H and O–H groups in total. The van der Waals surface area contributed by atoms with Crippen LogP contribution < -0.4 is 11.1 Å². The third-order valence-electron chi connectivity index (χ3n) is 4.97. The Hall–Kier alpha value is -3.52. The SMILES string of the molecule is CC(C)(C)/C(O)=C/C(=N)N.CN1CC(=O)CNc2ncc(-c3ccc(CC=O)cc3)cc2C1. The van der Waals surface area contributed by atoms with Crippen molar-refractivity contribution in [2.24, 2.45) is 11.1 Å². The Labute approximate surface area is 195 Å². The molecule has 0 aliphatic carbocycles. The summed E-state index contributed by atoms with van der Waals surface area (Å²) in [5, 5.41) is 19.2. The first-order valence-corrected chi connectivity index (χ1v) is 10.7. The van der Waals surface area contributed by atoms with E-state index in [1.54, 1.807) is 0 Å². The highest BCUT2D eigenvalue weighted by Crippen LogP contribution is 2.25. The molecule has 0 unspecified atom stereocenters. The second-order valence-corrected chi connectivity index (χ2v) is 9.10. The molecule has 2 heterocycles. The van der Waals surface area contributed by atoms with Gasteiger partial charge in [-0.15, -0.1) is 0 Å². The van der Waals surface area contributed by atoms with E-state index in [0.717, 1.165) is 34.4 Å². The third kappa shape index (κ3) is 8.16. The van der Waals surface area contributed by atoms with Crippen molar-refractivity contribution in [3.63, 3.8) is 0 Å². The number of benzene rings is 1. The van der Waals surface area contributed by atoms with Crippen molar-refractivity contribution < 1.29 is 14.7 Å². The van der Waals surface area contributed by atoms with Crippen LogP contribution in [0, 0.1) is 10.8 Å². The molecule has 0 saturated carbocycles. The summed E-state index contributed by atoms with van der Waals surface area (Å²) >= 11 is 0. The number of Topliss-reactive ketones (excluding diaryl/α,β-unsaturated/α-hetero) is 1. The first kappa shape index (κ1) is 25.7. The number of pyridine rings is 1. The summed E-state index contributed by atoms with van der Waals surface area (Å²) in [6.07, 6.45) is 4.41. The molecule has 0 saturated heterocycles. The van der Waals surface area contributed by atoms with Crippen LogP contribution in [0.3, 0.4) is 0 Å². The van der Waals surface area contributed by atoms with Crippen molar-refractivity contribution in [3.05, 3.63) is 59.5 Å². The normalized spacial score (nSPS) is 14.7. The van der Waals surface area contributed by atoms with Crippen LogP contribution in [-0.4, -0.2) is 53.0 Å². The molecule has 0 spiro atoms. The van der Waals surface area contributed by atoms with Crippen LogP contribution in [0.4, 0.5) is 5.82 Å². The average Bonchev–Trinajstić information content (AvgIpc) is 2.72. The van der Waals surface area contributed by atoms with E-state index < -0.39 is 0 Å². The van der Waals surface area contributed by atoms with Crippen molar-refractivity contribution >= 4 is 23.7 Å². The molecule has 0 fully saturated rings. The minimum absolute atomic E-state index is 0.118. The quantitative estimate of drug-likeness (QED) is 0.243. The van der Waals surface area contributed by atoms with E-state index in [4.69, 9.17) is 11.1 Å². The van der Waals surface area contributed by atoms with Crippen molar-refractivity contribution in [2.45, 2.75) is 33.7 Å². The Kier molecular flexibility index (Phi) is 8.87. The number of ketones is 1. The van der Waals surface area contributed by atoms with Crippen molar-refractivity contribution in [2.75, 3.05) is 25.5 Å². The van der Waals surface area contributed by atoms with Gasteiger partial charge < -0.3 is 21.0 Å². The van der Waals surface area contributed by atoms with E-state index in [1.807, 2.05) is 63.2 Å². The fourth-order valence-corrected chi connectivity index (χ4v) is 3.13. The van der Waals surface area contributed by atoms with E-state index >= 15 is 0 Å². The number of nitrogens with zero attached hydrogens (tertiary/aromatic N) is 2. The predicted molar refractivity (Wildman–Crippen MR) is 131 cm³/mol. The molecule has 3 rings (SSSR count). The zero-order chi connectivity index (χ0) is 24.6. The molecule has 0 amide bonds. The number of fused-ring (bicyclic) bond motifs is 1. The monoisotopic (exact) mass is 451 g/mol. The van der Waals surface area contributed by atoms with Gasteiger partial charge in [-0.05, 0) is 24.2 Å². The summed E-state index contributed by atoms with van der Waals surface area (Å²) < 4.78 is 0. The van der Waals surface area contributed by atoms with Crippen LogP contribution in [-0.2, 0) is 22.6 Å². The number of likely N-dealkylation sites (N-methyl/N-ethyl adjacent to an activating group) is 1. The van der Waals surface area contributed by atoms with Gasteiger partial charge in [0.1, 0.15) is 23.7 Å². The van der Waals surface area contributed by atoms with Gasteiger partial charge >= 0.3 is 0 Å². The number of hydrogen-bond donors (Lipinski definition) is 4. The number of aliphatic hydroxyl groups excluding tert-OH is 1. The number of anilines is 1. The minimum Gasteiger partial charge on any atom is -0.512 e. The fourth-order valence-electron chi connectivity index (χ4n) is 3.13. The number of carbonyl (C=O) groups is 2. The lowest BCUT2D eigenvalue weighted by atomic mass is 9.93. The van der Waals surface area contributed by atoms with Gasteiger partial charge in [-0.1, -0.05) is 45.0 Å². The van der Waals surface area contributed by atoms with Gasteiger partial charge in [0.15, 0.2) is 5.78 Å². The Morgan fingerprint density at radius 3 is 2.45 bits per heavy atom. The van der Waals surface area contributed by atoms with Crippen molar-refractivity contribution in [3.8, 4) is 11.1 Å². The lowest BCUT2D eigenvalue weighted by Crippen LogP contribution is -2.32. The van der Waals surface area contributed by atoms with Gasteiger partial charge in [0.25, 0.3) is 0 Å². The average molecular weight is 452 g/mol. The number of aldehydes is 1. The zero-order valence-corrected chi connectivity index (χ0v) is 19.7. The minimum atomic E-state index is -0.314. The summed E-state index contributed by atoms with van der Waals surface area (Å²) in [5.41, 5.74) is 8.90. The van der Waals surface area contributed by atoms with E-state index in [9.17, 15) is 14.7 Å². The molecular weight excluding hydrogens is 418 g/mol. The van der Waals surface area contributed by atoms with Crippen LogP contribution in [0.5, 0.6) is 0 Å². The molecule has 8 nitrogen and oxygen atoms in total. The van der Waals surface area contributed by atoms with Gasteiger partial charge in [0.05, 0.1) is 13.1 Å². The standard InChI is InChI=1S/C18H19N3O2.C7H14N2O/c1-21-11-16-8-15(9-19-18(16)20-10-17(23)12-21)14-4-2-13(3-5-14)6-7-22;1-7(2,3)5(10)4-6(8)9/h2-5,7-9H,6,10-12H2,1H3,(H,19,20);4,10H,1-3H3,(H3,8,9)/b;5-4-. The van der Waals surface area contributed by atoms with E-state index in [1.165, 1.54) is 6.08 Å². The smallest absolute Gasteiger partial charge is 0.165 e. The topological polar surface area (TPSA) is 132 Å². The molecule has 0 bridgehead atoms. The number of aromatic nitrogens is 1. The van der Waals surface area contributed by atoms with E-state index in [2.05, 4.69) is 16.4 Å². The first-order chi connectivity index (χ1) is 15.5. The molecule has 176 valence electrons. The molecule has 1 aliphatic heterocycles. The lowest BCUT2D eigenvalue weighted by molar-refractivity contribution is -0.118. The molecular formula is C25H33N5O3. The number of nitrogens with two attached hydrogens (primary N) is 1. The number of hydrogen-bond acceptors (Lipinski definition) is 7. The molecule has 1 aromatic carbocycles. The number of carbonyl (C=O) groups excluding carboxylic acids is 2. The Bertz CT molecular complexity index is 1020. The molecule has 33 heavy (non-hydrogen) atoms. The largest absolute Gasteiger partial charge is 0.512 e. The molecule has 1 aliphatic rings. The number of aliphatic hydroxyl groups is 1. The van der Waals surface area contributed by atoms with E-state index in [0.29, 0.717) is 26.1 Å². The molecule has 0 atom stereocenters. The van der Waals surface area contributed by atoms with E-state index in [-0.39, 0.29) is 22.8 Å². The number of rotatable bonds is 4. The Morgan fingerprint density at radius 1 is 1.24 bits per heavy atom. The Balaban J connectivity index is 0.000000328. The van der Waals surface area contributed by atoms with Crippen LogP contribution in [0.25, 0.3) is 11.1 Å². The summed E-state index contributed by atoms with van der Waals surface area (Å²) in [6.45, 7) is 6.98. The van der Waals surface area contributed by atoms with Crippen LogP contribution in [0.2, 0.25) is 0 Å². The summed E-state index contributed by atoms with van der Waals surface area (Å²) in [7, 11) is 1.94. The highest BCUT2D eigenvalue weighted by Gasteiger charge is 2.16. The highest BCUT2D eigenvalue weighted by molar-refractivity contribution is 5.89. The molecule has 1 aromatic heterocycles. The zero-order valence-electron chi connectivity index (χ0n) is 19.7. The van der Waals surface area contributed by atoms with Gasteiger partial charge in [0, 0.05) is 41.8 Å². The van der Waals surface area contributed by atoms with Gasteiger partial charge in [-0.2, -0.15) is 0 Å². The predicted octanol–water partition coefficient (Wildman–Crippen LogP) is 3.33. The summed E-state index contributed by atoms with van der Waals surface area (Å²) in [6, 6.07) is 10.0. The van der Waals surface area contributed by atoms with Crippen LogP contribution in [0.15, 0.2) is 48.4 Å². The van der Waals surface area contributed by atoms with Crippen LogP contribution >= 0.6 is 0 Å². The van der Waals surface area contributed by atoms with Gasteiger partial charge in [-0.3, -0.25) is 15.1 Å².